The Balaban J connectivity index is 1.42. The van der Waals surface area contributed by atoms with Crippen LogP contribution in [0.25, 0.3) is 0 Å². The summed E-state index contributed by atoms with van der Waals surface area (Å²) in [6.07, 6.45) is 0. The SMILES string of the molecule is COc1ccc(NC(=O)N2CCN(CCOc3ccccc3)CC2)cc1OC. The van der Waals surface area contributed by atoms with E-state index in [1.165, 1.54) is 0 Å². The zero-order valence-corrected chi connectivity index (χ0v) is 16.4. The summed E-state index contributed by atoms with van der Waals surface area (Å²) in [6, 6.07) is 15.0. The number of methoxy groups -OCH3 is 2. The molecular formula is C21H27N3O4. The largest absolute Gasteiger partial charge is 0.493 e. The van der Waals surface area contributed by atoms with Crippen molar-refractivity contribution in [3.8, 4) is 17.2 Å². The Bertz CT molecular complexity index is 762. The average molecular weight is 385 g/mol. The molecule has 0 unspecified atom stereocenters. The highest BCUT2D eigenvalue weighted by Gasteiger charge is 2.21. The molecule has 2 aromatic carbocycles. The third-order valence-electron chi connectivity index (χ3n) is 4.71. The lowest BCUT2D eigenvalue weighted by atomic mass is 10.2. The van der Waals surface area contributed by atoms with Crippen molar-refractivity contribution in [1.29, 1.82) is 0 Å². The van der Waals surface area contributed by atoms with Crippen molar-refractivity contribution in [3.63, 3.8) is 0 Å². The van der Waals surface area contributed by atoms with Crippen LogP contribution in [0, 0.1) is 0 Å². The van der Waals surface area contributed by atoms with Crippen LogP contribution >= 0.6 is 0 Å². The Labute approximate surface area is 165 Å². The van der Waals surface area contributed by atoms with E-state index < -0.39 is 0 Å². The number of nitrogens with one attached hydrogen (secondary N) is 1. The second-order valence-electron chi connectivity index (χ2n) is 6.49. The predicted octanol–water partition coefficient (Wildman–Crippen LogP) is 2.93. The first kappa shape index (κ1) is 19.8. The van der Waals surface area contributed by atoms with Crippen molar-refractivity contribution in [1.82, 2.24) is 9.80 Å². The Kier molecular flexibility index (Phi) is 6.97. The first-order chi connectivity index (χ1) is 13.7. The molecule has 28 heavy (non-hydrogen) atoms. The molecule has 0 spiro atoms. The number of benzene rings is 2. The Morgan fingerprint density at radius 3 is 2.36 bits per heavy atom. The molecule has 1 saturated heterocycles. The van der Waals surface area contributed by atoms with Gasteiger partial charge >= 0.3 is 6.03 Å². The van der Waals surface area contributed by atoms with E-state index >= 15 is 0 Å². The molecule has 0 saturated carbocycles. The number of anilines is 1. The summed E-state index contributed by atoms with van der Waals surface area (Å²) in [4.78, 5) is 16.7. The number of carbonyl (C=O) groups is 1. The van der Waals surface area contributed by atoms with E-state index in [-0.39, 0.29) is 6.03 Å². The highest BCUT2D eigenvalue weighted by Crippen LogP contribution is 2.29. The second kappa shape index (κ2) is 9.85. The molecule has 2 amide bonds. The van der Waals surface area contributed by atoms with Crippen molar-refractivity contribution >= 4 is 11.7 Å². The number of amides is 2. The standard InChI is InChI=1S/C21H27N3O4/c1-26-19-9-8-17(16-20(19)27-2)22-21(25)24-12-10-23(11-13-24)14-15-28-18-6-4-3-5-7-18/h3-9,16H,10-15H2,1-2H3,(H,22,25). The van der Waals surface area contributed by atoms with Gasteiger partial charge in [-0.25, -0.2) is 4.79 Å². The second-order valence-corrected chi connectivity index (χ2v) is 6.49. The van der Waals surface area contributed by atoms with Gasteiger partial charge < -0.3 is 24.4 Å². The smallest absolute Gasteiger partial charge is 0.321 e. The molecule has 7 nitrogen and oxygen atoms in total. The molecule has 0 radical (unpaired) electrons. The summed E-state index contributed by atoms with van der Waals surface area (Å²) in [5.41, 5.74) is 0.682. The van der Waals surface area contributed by atoms with Gasteiger partial charge in [0.2, 0.25) is 0 Å². The molecule has 0 aromatic heterocycles. The fraction of sp³-hybridized carbons (Fsp3) is 0.381. The molecule has 0 atom stereocenters. The van der Waals surface area contributed by atoms with E-state index in [4.69, 9.17) is 14.2 Å². The number of carbonyl (C=O) groups excluding carboxylic acids is 1. The molecule has 1 N–H and O–H groups in total. The van der Waals surface area contributed by atoms with Crippen LogP contribution in [0.2, 0.25) is 0 Å². The summed E-state index contributed by atoms with van der Waals surface area (Å²) < 4.78 is 16.2. The quantitative estimate of drug-likeness (QED) is 0.794. The molecule has 150 valence electrons. The highest BCUT2D eigenvalue weighted by atomic mass is 16.5. The summed E-state index contributed by atoms with van der Waals surface area (Å²) in [5.74, 6) is 2.10. The van der Waals surface area contributed by atoms with E-state index in [1.54, 1.807) is 32.4 Å². The molecule has 3 rings (SSSR count). The first-order valence-corrected chi connectivity index (χ1v) is 9.38. The van der Waals surface area contributed by atoms with Gasteiger partial charge in [0.25, 0.3) is 0 Å². The van der Waals surface area contributed by atoms with Crippen molar-refractivity contribution in [2.75, 3.05) is 58.9 Å². The van der Waals surface area contributed by atoms with E-state index in [1.807, 2.05) is 35.2 Å². The lowest BCUT2D eigenvalue weighted by Gasteiger charge is -2.34. The lowest BCUT2D eigenvalue weighted by Crippen LogP contribution is -2.50. The molecule has 2 aromatic rings. The van der Waals surface area contributed by atoms with Crippen LogP contribution in [0.15, 0.2) is 48.5 Å². The average Bonchev–Trinajstić information content (AvgIpc) is 2.75. The van der Waals surface area contributed by atoms with Crippen molar-refractivity contribution in [3.05, 3.63) is 48.5 Å². The van der Waals surface area contributed by atoms with Crippen LogP contribution in [0.1, 0.15) is 0 Å². The van der Waals surface area contributed by atoms with Crippen LogP contribution in [0.4, 0.5) is 10.5 Å². The molecule has 0 aliphatic carbocycles. The maximum atomic E-state index is 12.5. The van der Waals surface area contributed by atoms with Gasteiger partial charge in [-0.05, 0) is 24.3 Å². The number of para-hydroxylation sites is 1. The van der Waals surface area contributed by atoms with Crippen LogP contribution in [-0.2, 0) is 0 Å². The van der Waals surface area contributed by atoms with Gasteiger partial charge in [-0.3, -0.25) is 4.90 Å². The monoisotopic (exact) mass is 385 g/mol. The highest BCUT2D eigenvalue weighted by molar-refractivity contribution is 5.89. The van der Waals surface area contributed by atoms with Gasteiger partial charge in [0.05, 0.1) is 14.2 Å². The fourth-order valence-electron chi connectivity index (χ4n) is 3.10. The Morgan fingerprint density at radius 1 is 0.964 bits per heavy atom. The molecule has 1 aliphatic rings. The molecule has 1 heterocycles. The minimum Gasteiger partial charge on any atom is -0.493 e. The third-order valence-corrected chi connectivity index (χ3v) is 4.71. The van der Waals surface area contributed by atoms with Gasteiger partial charge in [0.15, 0.2) is 11.5 Å². The maximum Gasteiger partial charge on any atom is 0.321 e. The summed E-state index contributed by atoms with van der Waals surface area (Å²) in [6.45, 7) is 4.52. The Morgan fingerprint density at radius 2 is 1.68 bits per heavy atom. The predicted molar refractivity (Wildman–Crippen MR) is 109 cm³/mol. The minimum absolute atomic E-state index is 0.104. The van der Waals surface area contributed by atoms with Crippen molar-refractivity contribution in [2.24, 2.45) is 0 Å². The topological polar surface area (TPSA) is 63.3 Å². The summed E-state index contributed by atoms with van der Waals surface area (Å²) in [7, 11) is 3.16. The zero-order chi connectivity index (χ0) is 19.8. The zero-order valence-electron chi connectivity index (χ0n) is 16.4. The van der Waals surface area contributed by atoms with Crippen molar-refractivity contribution in [2.45, 2.75) is 0 Å². The minimum atomic E-state index is -0.104. The van der Waals surface area contributed by atoms with E-state index in [0.29, 0.717) is 36.9 Å². The number of hydrogen-bond acceptors (Lipinski definition) is 5. The molecule has 1 fully saturated rings. The summed E-state index contributed by atoms with van der Waals surface area (Å²) >= 11 is 0. The van der Waals surface area contributed by atoms with Gasteiger partial charge in [-0.2, -0.15) is 0 Å². The van der Waals surface area contributed by atoms with Crippen molar-refractivity contribution < 1.29 is 19.0 Å². The van der Waals surface area contributed by atoms with Crippen LogP contribution in [0.5, 0.6) is 17.2 Å². The summed E-state index contributed by atoms with van der Waals surface area (Å²) in [5, 5.41) is 2.93. The number of hydrogen-bond donors (Lipinski definition) is 1. The Hall–Kier alpha value is -2.93. The van der Waals surface area contributed by atoms with Crippen LogP contribution in [-0.4, -0.2) is 69.4 Å². The number of urea groups is 1. The molecule has 0 bridgehead atoms. The van der Waals surface area contributed by atoms with Gasteiger partial charge in [-0.15, -0.1) is 0 Å². The van der Waals surface area contributed by atoms with E-state index in [0.717, 1.165) is 25.4 Å². The van der Waals surface area contributed by atoms with Crippen LogP contribution in [0.3, 0.4) is 0 Å². The van der Waals surface area contributed by atoms with Gasteiger partial charge in [0, 0.05) is 44.5 Å². The van der Waals surface area contributed by atoms with Gasteiger partial charge in [0.1, 0.15) is 12.4 Å². The number of piperazine rings is 1. The van der Waals surface area contributed by atoms with E-state index in [9.17, 15) is 4.79 Å². The fourth-order valence-corrected chi connectivity index (χ4v) is 3.10. The maximum absolute atomic E-state index is 12.5. The van der Waals surface area contributed by atoms with E-state index in [2.05, 4.69) is 10.2 Å². The molecular weight excluding hydrogens is 358 g/mol. The number of ether oxygens (including phenoxy) is 3. The van der Waals surface area contributed by atoms with Crippen LogP contribution < -0.4 is 19.5 Å². The third kappa shape index (κ3) is 5.29. The van der Waals surface area contributed by atoms with Gasteiger partial charge in [-0.1, -0.05) is 18.2 Å². The molecule has 7 heteroatoms. The first-order valence-electron chi connectivity index (χ1n) is 9.38. The molecule has 1 aliphatic heterocycles. The number of rotatable bonds is 7. The lowest BCUT2D eigenvalue weighted by molar-refractivity contribution is 0.132. The normalized spacial score (nSPS) is 14.4. The number of nitrogens with zero attached hydrogens (tertiary/aromatic N) is 2.